The highest BCUT2D eigenvalue weighted by Gasteiger charge is 2.39. The highest BCUT2D eigenvalue weighted by atomic mass is 19.4. The monoisotopic (exact) mass is 364 g/mol. The highest BCUT2D eigenvalue weighted by Crippen LogP contribution is 2.32. The SMILES string of the molecule is CC(C)(C)OC(=O)N1CC[N+](C)(c2ncc(C(F)(F)F)cc2F)CC1. The zero-order valence-electron chi connectivity index (χ0n) is 14.7. The molecule has 0 bridgehead atoms. The molecule has 2 heterocycles. The zero-order valence-corrected chi connectivity index (χ0v) is 14.7. The number of amides is 1. The fraction of sp³-hybridized carbons (Fsp3) is 0.625. The molecule has 0 aliphatic carbocycles. The third-order valence-electron chi connectivity index (χ3n) is 4.04. The maximum Gasteiger partial charge on any atom is 0.418 e. The molecule has 1 aromatic heterocycles. The van der Waals surface area contributed by atoms with E-state index in [2.05, 4.69) is 4.98 Å². The number of quaternary nitrogens is 1. The molecule has 1 aliphatic heterocycles. The van der Waals surface area contributed by atoms with Crippen molar-refractivity contribution in [3.8, 4) is 0 Å². The molecule has 140 valence electrons. The van der Waals surface area contributed by atoms with E-state index in [0.717, 1.165) is 0 Å². The second kappa shape index (κ2) is 6.44. The van der Waals surface area contributed by atoms with Gasteiger partial charge in [-0.2, -0.15) is 17.6 Å². The summed E-state index contributed by atoms with van der Waals surface area (Å²) in [6, 6.07) is 0.464. The molecule has 0 N–H and O–H groups in total. The first kappa shape index (κ1) is 19.4. The Bertz CT molecular complexity index is 648. The smallest absolute Gasteiger partial charge is 0.418 e. The van der Waals surface area contributed by atoms with Gasteiger partial charge in [0.15, 0.2) is 0 Å². The maximum absolute atomic E-state index is 14.2. The summed E-state index contributed by atoms with van der Waals surface area (Å²) in [5, 5.41) is 0. The van der Waals surface area contributed by atoms with E-state index >= 15 is 0 Å². The van der Waals surface area contributed by atoms with Crippen molar-refractivity contribution >= 4 is 11.9 Å². The number of carbonyl (C=O) groups excluding carboxylic acids is 1. The number of piperazine rings is 1. The summed E-state index contributed by atoms with van der Waals surface area (Å²) in [6.07, 6.45) is -4.46. The van der Waals surface area contributed by atoms with Crippen molar-refractivity contribution in [3.63, 3.8) is 0 Å². The summed E-state index contributed by atoms with van der Waals surface area (Å²) < 4.78 is 57.4. The Labute approximate surface area is 143 Å². The minimum absolute atomic E-state index is 0.0171. The molecular weight excluding hydrogens is 342 g/mol. The van der Waals surface area contributed by atoms with Crippen LogP contribution in [0.1, 0.15) is 26.3 Å². The molecule has 0 spiro atoms. The topological polar surface area (TPSA) is 42.4 Å². The molecular formula is C16H22F4N3O2+. The van der Waals surface area contributed by atoms with Gasteiger partial charge in [-0.25, -0.2) is 9.78 Å². The van der Waals surface area contributed by atoms with Crippen molar-refractivity contribution in [2.24, 2.45) is 0 Å². The summed E-state index contributed by atoms with van der Waals surface area (Å²) >= 11 is 0. The Morgan fingerprint density at radius 2 is 1.80 bits per heavy atom. The van der Waals surface area contributed by atoms with Crippen LogP contribution in [0.3, 0.4) is 0 Å². The lowest BCUT2D eigenvalue weighted by Gasteiger charge is -2.40. The van der Waals surface area contributed by atoms with Gasteiger partial charge < -0.3 is 4.74 Å². The molecule has 25 heavy (non-hydrogen) atoms. The number of pyridine rings is 1. The molecule has 5 nitrogen and oxygen atoms in total. The van der Waals surface area contributed by atoms with Crippen LogP contribution >= 0.6 is 0 Å². The van der Waals surface area contributed by atoms with Crippen LogP contribution in [-0.2, 0) is 10.9 Å². The van der Waals surface area contributed by atoms with Crippen molar-refractivity contribution in [1.29, 1.82) is 0 Å². The molecule has 0 aromatic carbocycles. The van der Waals surface area contributed by atoms with Gasteiger partial charge in [-0.15, -0.1) is 0 Å². The maximum atomic E-state index is 14.2. The summed E-state index contributed by atoms with van der Waals surface area (Å²) in [6.45, 7) is 6.54. The number of hydrogen-bond acceptors (Lipinski definition) is 3. The lowest BCUT2D eigenvalue weighted by molar-refractivity contribution is -0.138. The van der Waals surface area contributed by atoms with Crippen LogP contribution in [0.5, 0.6) is 0 Å². The molecule has 0 radical (unpaired) electrons. The Morgan fingerprint density at radius 1 is 1.24 bits per heavy atom. The van der Waals surface area contributed by atoms with Crippen molar-refractivity contribution in [2.45, 2.75) is 32.5 Å². The van der Waals surface area contributed by atoms with E-state index in [-0.39, 0.29) is 10.3 Å². The number of carbonyl (C=O) groups is 1. The summed E-state index contributed by atoms with van der Waals surface area (Å²) in [4.78, 5) is 17.3. The van der Waals surface area contributed by atoms with Crippen LogP contribution in [0.25, 0.3) is 0 Å². The minimum atomic E-state index is -4.64. The first-order valence-corrected chi connectivity index (χ1v) is 7.88. The molecule has 2 rings (SSSR count). The molecule has 0 saturated carbocycles. The van der Waals surface area contributed by atoms with E-state index in [1.54, 1.807) is 27.8 Å². The van der Waals surface area contributed by atoms with E-state index < -0.39 is 29.3 Å². The number of aromatic nitrogens is 1. The van der Waals surface area contributed by atoms with Crippen molar-refractivity contribution < 1.29 is 27.1 Å². The Morgan fingerprint density at radius 3 is 2.24 bits per heavy atom. The van der Waals surface area contributed by atoms with Gasteiger partial charge in [-0.3, -0.25) is 9.38 Å². The van der Waals surface area contributed by atoms with Crippen LogP contribution in [0.4, 0.5) is 28.2 Å². The van der Waals surface area contributed by atoms with Gasteiger partial charge in [0.05, 0.1) is 25.7 Å². The average Bonchev–Trinajstić information content (AvgIpc) is 2.44. The van der Waals surface area contributed by atoms with E-state index in [1.807, 2.05) is 0 Å². The Kier molecular flexibility index (Phi) is 5.00. The lowest BCUT2D eigenvalue weighted by atomic mass is 10.2. The minimum Gasteiger partial charge on any atom is -0.444 e. The number of ether oxygens (including phenoxy) is 1. The number of halogens is 4. The van der Waals surface area contributed by atoms with Gasteiger partial charge in [0.2, 0.25) is 5.82 Å². The van der Waals surface area contributed by atoms with Crippen LogP contribution < -0.4 is 4.48 Å². The normalized spacial score (nSPS) is 18.2. The number of rotatable bonds is 1. The third-order valence-corrected chi connectivity index (χ3v) is 4.04. The predicted molar refractivity (Wildman–Crippen MR) is 84.5 cm³/mol. The van der Waals surface area contributed by atoms with Crippen LogP contribution in [0, 0.1) is 5.82 Å². The number of hydrogen-bond donors (Lipinski definition) is 0. The summed E-state index contributed by atoms with van der Waals surface area (Å²) in [7, 11) is 1.69. The van der Waals surface area contributed by atoms with Gasteiger partial charge >= 0.3 is 12.3 Å². The molecule has 0 atom stereocenters. The molecule has 1 aliphatic rings. The van der Waals surface area contributed by atoms with Crippen LogP contribution in [0.15, 0.2) is 12.3 Å². The van der Waals surface area contributed by atoms with Gasteiger partial charge in [0.1, 0.15) is 18.7 Å². The molecule has 1 aromatic rings. The first-order valence-electron chi connectivity index (χ1n) is 7.88. The second-order valence-corrected chi connectivity index (χ2v) is 7.34. The standard InChI is InChI=1S/C16H22F4N3O2/c1-15(2,3)25-14(24)22-5-7-23(4,8-6-22)13-12(17)9-11(10-21-13)16(18,19)20/h9-10H,5-8H2,1-4H3/q+1. The van der Waals surface area contributed by atoms with Crippen molar-refractivity contribution in [3.05, 3.63) is 23.6 Å². The first-order chi connectivity index (χ1) is 11.3. The second-order valence-electron chi connectivity index (χ2n) is 7.34. The highest BCUT2D eigenvalue weighted by molar-refractivity contribution is 5.68. The van der Waals surface area contributed by atoms with Crippen LogP contribution in [-0.4, -0.2) is 54.8 Å². The Hall–Kier alpha value is -1.90. The van der Waals surface area contributed by atoms with Gasteiger partial charge in [-0.05, 0) is 26.8 Å². The van der Waals surface area contributed by atoms with E-state index in [1.165, 1.54) is 4.90 Å². The quantitative estimate of drug-likeness (QED) is 0.566. The number of nitrogens with zero attached hydrogens (tertiary/aromatic N) is 3. The van der Waals surface area contributed by atoms with Gasteiger partial charge in [0, 0.05) is 6.20 Å². The third kappa shape index (κ3) is 4.59. The fourth-order valence-electron chi connectivity index (χ4n) is 2.61. The summed E-state index contributed by atoms with van der Waals surface area (Å²) in [5.41, 5.74) is -1.74. The lowest BCUT2D eigenvalue weighted by Crippen LogP contribution is -2.60. The van der Waals surface area contributed by atoms with Gasteiger partial charge in [0.25, 0.3) is 5.82 Å². The largest absolute Gasteiger partial charge is 0.444 e. The van der Waals surface area contributed by atoms with Crippen LogP contribution in [0.2, 0.25) is 0 Å². The summed E-state index contributed by atoms with van der Waals surface area (Å²) in [5.74, 6) is -1.06. The van der Waals surface area contributed by atoms with E-state index in [4.69, 9.17) is 4.74 Å². The van der Waals surface area contributed by atoms with Crippen molar-refractivity contribution in [1.82, 2.24) is 14.4 Å². The molecule has 1 amide bonds. The van der Waals surface area contributed by atoms with Gasteiger partial charge in [-0.1, -0.05) is 0 Å². The molecule has 1 saturated heterocycles. The zero-order chi connectivity index (χ0) is 19.0. The van der Waals surface area contributed by atoms with E-state index in [0.29, 0.717) is 38.4 Å². The fourth-order valence-corrected chi connectivity index (χ4v) is 2.61. The molecule has 0 unspecified atom stereocenters. The Balaban J connectivity index is 2.11. The molecule has 9 heteroatoms. The average molecular weight is 364 g/mol. The van der Waals surface area contributed by atoms with Crippen molar-refractivity contribution in [2.75, 3.05) is 33.2 Å². The predicted octanol–water partition coefficient (Wildman–Crippen LogP) is 3.43. The number of likely N-dealkylation sites (N-methyl/N-ethyl adjacent to an activating group) is 1. The van der Waals surface area contributed by atoms with E-state index in [9.17, 15) is 22.4 Å². The molecule has 1 fully saturated rings. The number of alkyl halides is 3.